The molecule has 0 spiro atoms. The monoisotopic (exact) mass is 207 g/mol. The third-order valence-electron chi connectivity index (χ3n) is 0. The smallest absolute Gasteiger partial charge is 0.314 e. The van der Waals surface area contributed by atoms with Gasteiger partial charge in [-0.15, -0.1) is 0 Å². The zero-order valence-corrected chi connectivity index (χ0v) is 7.47. The zero-order valence-electron chi connectivity index (χ0n) is 5.47. The first-order chi connectivity index (χ1) is 4.88. The minimum Gasteiger partial charge on any atom is -0.405 e. The van der Waals surface area contributed by atoms with Crippen LogP contribution in [0, 0.1) is 0 Å². The molecular formula is C2H11NO6P2. The summed E-state index contributed by atoms with van der Waals surface area (Å²) in [4.78, 5) is 28.6. The van der Waals surface area contributed by atoms with Gasteiger partial charge in [-0.2, -0.15) is 0 Å². The predicted molar refractivity (Wildman–Crippen MR) is 41.3 cm³/mol. The van der Waals surface area contributed by atoms with Crippen molar-refractivity contribution in [2.75, 3.05) is 0 Å². The van der Waals surface area contributed by atoms with Gasteiger partial charge in [0.1, 0.15) is 0 Å². The van der Waals surface area contributed by atoms with Gasteiger partial charge in [0.25, 0.3) is 0 Å². The Morgan fingerprint density at radius 1 is 1.09 bits per heavy atom. The van der Waals surface area contributed by atoms with Crippen molar-refractivity contribution in [3.8, 4) is 0 Å². The molecule has 0 fully saturated rings. The quantitative estimate of drug-likeness (QED) is 0.314. The van der Waals surface area contributed by atoms with Crippen molar-refractivity contribution in [1.82, 2.24) is 0 Å². The molecule has 0 aliphatic rings. The lowest BCUT2D eigenvalue weighted by Gasteiger charge is -1.61. The molecule has 0 radical (unpaired) electrons. The molecule has 0 saturated carbocycles. The molecule has 0 rings (SSSR count). The van der Waals surface area contributed by atoms with Gasteiger partial charge in [-0.3, -0.25) is 9.13 Å². The lowest BCUT2D eigenvalue weighted by molar-refractivity contribution is 0.403. The summed E-state index contributed by atoms with van der Waals surface area (Å²) in [6.07, 6.45) is 1.25. The maximum absolute atomic E-state index is 8.74. The van der Waals surface area contributed by atoms with E-state index in [0.717, 1.165) is 0 Å². The van der Waals surface area contributed by atoms with Gasteiger partial charge in [0.05, 0.1) is 0 Å². The van der Waals surface area contributed by atoms with E-state index in [9.17, 15) is 0 Å². The highest BCUT2D eigenvalue weighted by Gasteiger charge is 1.62. The highest BCUT2D eigenvalue weighted by molar-refractivity contribution is 7.31. The van der Waals surface area contributed by atoms with E-state index in [-0.39, 0.29) is 0 Å². The Morgan fingerprint density at radius 2 is 1.09 bits per heavy atom. The first-order valence-electron chi connectivity index (χ1n) is 2.04. The van der Waals surface area contributed by atoms with Crippen LogP contribution in [-0.2, 0) is 9.13 Å². The second-order valence-electron chi connectivity index (χ2n) is 0.801. The van der Waals surface area contributed by atoms with E-state index in [0.29, 0.717) is 0 Å². The summed E-state index contributed by atoms with van der Waals surface area (Å²) in [6.45, 7) is 3.14. The maximum Gasteiger partial charge on any atom is 0.314 e. The van der Waals surface area contributed by atoms with Crippen molar-refractivity contribution in [2.45, 2.75) is 0 Å². The van der Waals surface area contributed by atoms with Gasteiger partial charge in [0.15, 0.2) is 0 Å². The Bertz CT molecular complexity index is 106. The minimum absolute atomic E-state index is 1.25. The lowest BCUT2D eigenvalue weighted by Crippen LogP contribution is -1.67. The molecule has 11 heavy (non-hydrogen) atoms. The van der Waals surface area contributed by atoms with Crippen molar-refractivity contribution in [3.05, 3.63) is 12.8 Å². The number of hydrogen-bond donors (Lipinski definition) is 5. The first-order valence-corrected chi connectivity index (χ1v) is 4.65. The van der Waals surface area contributed by atoms with Crippen LogP contribution in [0.15, 0.2) is 12.8 Å². The van der Waals surface area contributed by atoms with Crippen molar-refractivity contribution >= 4 is 16.5 Å². The normalized spacial score (nSPS) is 7.45. The van der Waals surface area contributed by atoms with E-state index in [1.54, 1.807) is 0 Å². The highest BCUT2D eigenvalue weighted by Crippen LogP contribution is 1.98. The fourth-order valence-electron chi connectivity index (χ4n) is 0. The van der Waals surface area contributed by atoms with Crippen molar-refractivity contribution in [2.24, 2.45) is 5.73 Å². The fraction of sp³-hybridized carbons (Fsp3) is 0. The molecule has 0 atom stereocenters. The summed E-state index contributed by atoms with van der Waals surface area (Å²) in [5, 5.41) is 0. The molecule has 9 heteroatoms. The van der Waals surface area contributed by atoms with Crippen LogP contribution in [-0.4, -0.2) is 19.6 Å². The van der Waals surface area contributed by atoms with Gasteiger partial charge < -0.3 is 25.3 Å². The largest absolute Gasteiger partial charge is 0.405 e. The number of nitrogens with two attached hydrogens (primary N) is 1. The van der Waals surface area contributed by atoms with Crippen LogP contribution in [0.5, 0.6) is 0 Å². The third-order valence-corrected chi connectivity index (χ3v) is 0. The Kier molecular flexibility index (Phi) is 25.5. The van der Waals surface area contributed by atoms with Gasteiger partial charge in [-0.05, 0) is 6.20 Å². The SMILES string of the molecule is C=CN.O=[PH](O)O.O=[PH](O)O. The third kappa shape index (κ3) is 23600. The Balaban J connectivity index is -0.0000000886. The molecular weight excluding hydrogens is 196 g/mol. The van der Waals surface area contributed by atoms with E-state index in [1.807, 2.05) is 0 Å². The van der Waals surface area contributed by atoms with Crippen molar-refractivity contribution in [1.29, 1.82) is 0 Å². The molecule has 0 saturated heterocycles. The molecule has 0 bridgehead atoms. The van der Waals surface area contributed by atoms with Crippen LogP contribution in [0.3, 0.4) is 0 Å². The standard InChI is InChI=1S/C2H5N.2H3O3P/c1-2-3;2*1-4(2)3/h2H,1,3H2;2*4H,(H2,1,2,3). The molecule has 0 aliphatic heterocycles. The second-order valence-corrected chi connectivity index (χ2v) is 1.93. The molecule has 0 aliphatic carbocycles. The maximum atomic E-state index is 8.74. The van der Waals surface area contributed by atoms with Gasteiger partial charge >= 0.3 is 16.5 Å². The van der Waals surface area contributed by atoms with E-state index < -0.39 is 16.5 Å². The molecule has 70 valence electrons. The summed E-state index contributed by atoms with van der Waals surface area (Å²) >= 11 is 0. The van der Waals surface area contributed by atoms with E-state index >= 15 is 0 Å². The Hall–Kier alpha value is -0.160. The molecule has 0 amide bonds. The van der Waals surface area contributed by atoms with Gasteiger partial charge in [0, 0.05) is 0 Å². The van der Waals surface area contributed by atoms with E-state index in [1.165, 1.54) is 6.20 Å². The van der Waals surface area contributed by atoms with Crippen LogP contribution in [0.25, 0.3) is 0 Å². The molecule has 0 aromatic carbocycles. The molecule has 6 N–H and O–H groups in total. The van der Waals surface area contributed by atoms with E-state index in [4.69, 9.17) is 28.7 Å². The second kappa shape index (κ2) is 16.4. The van der Waals surface area contributed by atoms with E-state index in [2.05, 4.69) is 12.3 Å². The Morgan fingerprint density at radius 3 is 1.09 bits per heavy atom. The summed E-state index contributed by atoms with van der Waals surface area (Å²) in [7, 11) is -6.26. The summed E-state index contributed by atoms with van der Waals surface area (Å²) < 4.78 is 17.5. The van der Waals surface area contributed by atoms with Crippen molar-refractivity contribution in [3.63, 3.8) is 0 Å². The average molecular weight is 207 g/mol. The molecule has 0 heterocycles. The minimum atomic E-state index is -3.13. The van der Waals surface area contributed by atoms with Gasteiger partial charge in [-0.1, -0.05) is 6.58 Å². The fourth-order valence-corrected chi connectivity index (χ4v) is 0. The summed E-state index contributed by atoms with van der Waals surface area (Å²) in [6, 6.07) is 0. The number of rotatable bonds is 0. The summed E-state index contributed by atoms with van der Waals surface area (Å²) in [5.74, 6) is 0. The van der Waals surface area contributed by atoms with Crippen molar-refractivity contribution < 1.29 is 28.7 Å². The predicted octanol–water partition coefficient (Wildman–Crippen LogP) is -1.19. The lowest BCUT2D eigenvalue weighted by atomic mass is 11.1. The first kappa shape index (κ1) is 17.1. The van der Waals surface area contributed by atoms with Gasteiger partial charge in [-0.25, -0.2) is 0 Å². The average Bonchev–Trinajstić information content (AvgIpc) is 1.60. The van der Waals surface area contributed by atoms with Gasteiger partial charge in [0.2, 0.25) is 0 Å². The number of hydrogen-bond acceptors (Lipinski definition) is 3. The molecule has 0 aromatic heterocycles. The van der Waals surface area contributed by atoms with Crippen LogP contribution in [0.2, 0.25) is 0 Å². The summed E-state index contributed by atoms with van der Waals surface area (Å²) in [5.41, 5.74) is 4.61. The van der Waals surface area contributed by atoms with Crippen LogP contribution in [0.1, 0.15) is 0 Å². The molecule has 7 nitrogen and oxygen atoms in total. The van der Waals surface area contributed by atoms with Crippen LogP contribution < -0.4 is 5.73 Å². The zero-order chi connectivity index (χ0) is 9.86. The highest BCUT2D eigenvalue weighted by atomic mass is 31.1. The van der Waals surface area contributed by atoms with Crippen LogP contribution in [0.4, 0.5) is 0 Å². The molecule has 0 unspecified atom stereocenters. The topological polar surface area (TPSA) is 141 Å². The van der Waals surface area contributed by atoms with Crippen LogP contribution >= 0.6 is 16.5 Å². The Labute approximate surface area is 64.7 Å². The molecule has 0 aromatic rings.